The summed E-state index contributed by atoms with van der Waals surface area (Å²) in [6.07, 6.45) is -0.567. The molecule has 8 nitrogen and oxygen atoms in total. The first kappa shape index (κ1) is 22.6. The van der Waals surface area contributed by atoms with Crippen molar-refractivity contribution in [2.75, 3.05) is 24.6 Å². The molecule has 11 heteroatoms. The maximum Gasteiger partial charge on any atom is 0.421 e. The molecule has 1 N–H and O–H groups in total. The number of nitrogens with zero attached hydrogens (tertiary/aromatic N) is 4. The average Bonchev–Trinajstić information content (AvgIpc) is 2.70. The Labute approximate surface area is 177 Å². The quantitative estimate of drug-likeness (QED) is 0.788. The van der Waals surface area contributed by atoms with E-state index >= 15 is 0 Å². The Hall–Kier alpha value is -3.11. The lowest BCUT2D eigenvalue weighted by Gasteiger charge is -2.43. The molecule has 1 fully saturated rings. The van der Waals surface area contributed by atoms with Gasteiger partial charge in [0.15, 0.2) is 0 Å². The summed E-state index contributed by atoms with van der Waals surface area (Å²) in [6, 6.07) is 0.566. The van der Waals surface area contributed by atoms with Crippen LogP contribution in [0, 0.1) is 6.92 Å². The minimum atomic E-state index is -4.74. The van der Waals surface area contributed by atoms with E-state index in [1.165, 1.54) is 6.20 Å². The Balaban J connectivity index is 1.57. The standard InChI is InChI=1S/C20H24F3N5O3/c1-12-7-25-18(26-8-12)27-10-14(3)28(11-13(27)2)19(30)31-5-4-15-6-16(20(21,22)23)17(29)24-9-15/h6-9,13-14H,4-5,10-11H2,1-3H3,(H,24,29)/t13-,14-/m1/s1. The number of anilines is 1. The molecule has 0 spiro atoms. The van der Waals surface area contributed by atoms with Gasteiger partial charge in [-0.2, -0.15) is 13.2 Å². The lowest BCUT2D eigenvalue weighted by Crippen LogP contribution is -2.58. The fourth-order valence-corrected chi connectivity index (χ4v) is 3.42. The second-order valence-electron chi connectivity index (χ2n) is 7.68. The predicted molar refractivity (Wildman–Crippen MR) is 107 cm³/mol. The fraction of sp³-hybridized carbons (Fsp3) is 0.500. The molecule has 0 bridgehead atoms. The first-order chi connectivity index (χ1) is 14.6. The lowest BCUT2D eigenvalue weighted by atomic mass is 10.1. The minimum absolute atomic E-state index is 0.0417. The van der Waals surface area contributed by atoms with Crippen LogP contribution in [-0.2, 0) is 17.3 Å². The zero-order chi connectivity index (χ0) is 22.8. The SMILES string of the molecule is Cc1cnc(N2C[C@@H](C)N(C(=O)OCCc3c[nH]c(=O)c(C(F)(F)F)c3)C[C@H]2C)nc1. The molecule has 168 valence electrons. The van der Waals surface area contributed by atoms with Crippen molar-refractivity contribution >= 4 is 12.0 Å². The van der Waals surface area contributed by atoms with Gasteiger partial charge in [0.2, 0.25) is 5.95 Å². The highest BCUT2D eigenvalue weighted by Crippen LogP contribution is 2.26. The van der Waals surface area contributed by atoms with E-state index in [4.69, 9.17) is 4.74 Å². The summed E-state index contributed by atoms with van der Waals surface area (Å²) in [5, 5.41) is 0. The van der Waals surface area contributed by atoms with E-state index in [1.807, 2.05) is 25.7 Å². The monoisotopic (exact) mass is 439 g/mol. The van der Waals surface area contributed by atoms with E-state index in [1.54, 1.807) is 17.3 Å². The van der Waals surface area contributed by atoms with Gasteiger partial charge in [-0.05, 0) is 38.0 Å². The Morgan fingerprint density at radius 2 is 1.90 bits per heavy atom. The largest absolute Gasteiger partial charge is 0.449 e. The topological polar surface area (TPSA) is 91.4 Å². The summed E-state index contributed by atoms with van der Waals surface area (Å²) in [7, 11) is 0. The third-order valence-electron chi connectivity index (χ3n) is 5.13. The van der Waals surface area contributed by atoms with Gasteiger partial charge in [0.05, 0.1) is 6.61 Å². The average molecular weight is 439 g/mol. The lowest BCUT2D eigenvalue weighted by molar-refractivity contribution is -0.138. The summed E-state index contributed by atoms with van der Waals surface area (Å²) in [4.78, 5) is 38.2. The molecule has 3 heterocycles. The van der Waals surface area contributed by atoms with Crippen LogP contribution in [-0.4, -0.2) is 57.7 Å². The van der Waals surface area contributed by atoms with Crippen molar-refractivity contribution < 1.29 is 22.7 Å². The molecule has 0 aliphatic carbocycles. The molecular formula is C20H24F3N5O3. The van der Waals surface area contributed by atoms with Gasteiger partial charge in [-0.25, -0.2) is 14.8 Å². The number of piperazine rings is 1. The van der Waals surface area contributed by atoms with Crippen molar-refractivity contribution in [3.8, 4) is 0 Å². The zero-order valence-corrected chi connectivity index (χ0v) is 17.4. The first-order valence-corrected chi connectivity index (χ1v) is 9.83. The van der Waals surface area contributed by atoms with E-state index in [0.29, 0.717) is 19.0 Å². The normalized spacial score (nSPS) is 19.4. The maximum atomic E-state index is 12.9. The molecule has 1 aliphatic heterocycles. The highest BCUT2D eigenvalue weighted by atomic mass is 19.4. The number of carbonyl (C=O) groups is 1. The van der Waals surface area contributed by atoms with Crippen LogP contribution in [0.4, 0.5) is 23.9 Å². The molecule has 0 saturated carbocycles. The molecular weight excluding hydrogens is 415 g/mol. The van der Waals surface area contributed by atoms with Crippen molar-refractivity contribution in [1.82, 2.24) is 19.9 Å². The minimum Gasteiger partial charge on any atom is -0.449 e. The van der Waals surface area contributed by atoms with Crippen LogP contribution >= 0.6 is 0 Å². The Morgan fingerprint density at radius 3 is 2.55 bits per heavy atom. The van der Waals surface area contributed by atoms with E-state index in [-0.39, 0.29) is 30.7 Å². The molecule has 1 saturated heterocycles. The highest BCUT2D eigenvalue weighted by molar-refractivity contribution is 5.68. The molecule has 2 aromatic heterocycles. The van der Waals surface area contributed by atoms with E-state index in [9.17, 15) is 22.8 Å². The van der Waals surface area contributed by atoms with Gasteiger partial charge in [0.25, 0.3) is 5.56 Å². The molecule has 0 aromatic carbocycles. The highest BCUT2D eigenvalue weighted by Gasteiger charge is 2.35. The summed E-state index contributed by atoms with van der Waals surface area (Å²) in [5.74, 6) is 0.594. The molecule has 31 heavy (non-hydrogen) atoms. The van der Waals surface area contributed by atoms with Gasteiger partial charge >= 0.3 is 12.3 Å². The number of carbonyl (C=O) groups excluding carboxylic acids is 1. The van der Waals surface area contributed by atoms with E-state index in [2.05, 4.69) is 15.0 Å². The van der Waals surface area contributed by atoms with Crippen LogP contribution in [0.25, 0.3) is 0 Å². The van der Waals surface area contributed by atoms with Gasteiger partial charge in [0.1, 0.15) is 5.56 Å². The van der Waals surface area contributed by atoms with Crippen LogP contribution in [0.2, 0.25) is 0 Å². The molecule has 0 radical (unpaired) electrons. The smallest absolute Gasteiger partial charge is 0.421 e. The van der Waals surface area contributed by atoms with Crippen LogP contribution in [0.3, 0.4) is 0 Å². The Bertz CT molecular complexity index is 977. The van der Waals surface area contributed by atoms with Crippen LogP contribution in [0.1, 0.15) is 30.5 Å². The number of H-pyrrole nitrogens is 1. The van der Waals surface area contributed by atoms with Gasteiger partial charge in [-0.15, -0.1) is 0 Å². The van der Waals surface area contributed by atoms with Crippen molar-refractivity contribution in [2.24, 2.45) is 0 Å². The molecule has 1 aliphatic rings. The zero-order valence-electron chi connectivity index (χ0n) is 17.4. The molecule has 0 unspecified atom stereocenters. The van der Waals surface area contributed by atoms with E-state index in [0.717, 1.165) is 11.6 Å². The number of nitrogens with one attached hydrogen (secondary N) is 1. The fourth-order valence-electron chi connectivity index (χ4n) is 3.42. The van der Waals surface area contributed by atoms with Gasteiger partial charge in [-0.1, -0.05) is 0 Å². The van der Waals surface area contributed by atoms with Crippen molar-refractivity contribution in [3.63, 3.8) is 0 Å². The number of rotatable bonds is 4. The number of hydrogen-bond donors (Lipinski definition) is 1. The van der Waals surface area contributed by atoms with Crippen LogP contribution < -0.4 is 10.5 Å². The number of ether oxygens (including phenoxy) is 1. The predicted octanol–water partition coefficient (Wildman–Crippen LogP) is 2.77. The first-order valence-electron chi connectivity index (χ1n) is 9.83. The van der Waals surface area contributed by atoms with Crippen molar-refractivity contribution in [1.29, 1.82) is 0 Å². The summed E-state index contributed by atoms with van der Waals surface area (Å²) in [5.41, 5.74) is -1.29. The summed E-state index contributed by atoms with van der Waals surface area (Å²) in [6.45, 7) is 6.55. The van der Waals surface area contributed by atoms with Crippen LogP contribution in [0.15, 0.2) is 29.5 Å². The number of aryl methyl sites for hydroxylation is 1. The third kappa shape index (κ3) is 5.33. The maximum absolute atomic E-state index is 12.9. The van der Waals surface area contributed by atoms with Crippen molar-refractivity contribution in [2.45, 2.75) is 45.5 Å². The molecule has 2 aromatic rings. The van der Waals surface area contributed by atoms with E-state index < -0.39 is 23.4 Å². The Kier molecular flexibility index (Phi) is 6.51. The second kappa shape index (κ2) is 8.94. The second-order valence-corrected chi connectivity index (χ2v) is 7.68. The number of halogens is 3. The van der Waals surface area contributed by atoms with Gasteiger partial charge in [0, 0.05) is 50.2 Å². The number of hydrogen-bond acceptors (Lipinski definition) is 6. The molecule has 1 amide bonds. The number of pyridine rings is 1. The Morgan fingerprint density at radius 1 is 1.23 bits per heavy atom. The summed E-state index contributed by atoms with van der Waals surface area (Å²) < 4.78 is 43.8. The molecule has 3 rings (SSSR count). The number of aromatic amines is 1. The number of amides is 1. The van der Waals surface area contributed by atoms with Crippen molar-refractivity contribution in [3.05, 3.63) is 51.7 Å². The molecule has 2 atom stereocenters. The third-order valence-corrected chi connectivity index (χ3v) is 5.13. The number of aromatic nitrogens is 3. The summed E-state index contributed by atoms with van der Waals surface area (Å²) >= 11 is 0. The number of alkyl halides is 3. The van der Waals surface area contributed by atoms with Crippen LogP contribution in [0.5, 0.6) is 0 Å². The van der Waals surface area contributed by atoms with Gasteiger partial charge < -0.3 is 19.5 Å². The van der Waals surface area contributed by atoms with Gasteiger partial charge in [-0.3, -0.25) is 4.79 Å².